The third-order valence-electron chi connectivity index (χ3n) is 8.14. The fourth-order valence-corrected chi connectivity index (χ4v) is 5.87. The van der Waals surface area contributed by atoms with Crippen LogP contribution in [0.5, 0.6) is 5.75 Å². The quantitative estimate of drug-likeness (QED) is 0.467. The molecule has 5 rings (SSSR count). The largest absolute Gasteiger partial charge is 0.497 e. The zero-order valence-electron chi connectivity index (χ0n) is 21.6. The number of methoxy groups -OCH3 is 1. The molecule has 1 N–H and O–H groups in total. The fraction of sp³-hybridized carbons (Fsp3) is 0.467. The van der Waals surface area contributed by atoms with Crippen molar-refractivity contribution in [3.63, 3.8) is 0 Å². The number of benzene rings is 2. The Hall–Kier alpha value is -3.28. The van der Waals surface area contributed by atoms with Gasteiger partial charge in [0.2, 0.25) is 5.91 Å². The number of ether oxygens (including phenoxy) is 1. The predicted octanol–water partition coefficient (Wildman–Crippen LogP) is 5.51. The predicted molar refractivity (Wildman–Crippen MR) is 142 cm³/mol. The molecular weight excluding hydrogens is 450 g/mol. The molecule has 1 saturated carbocycles. The lowest BCUT2D eigenvalue weighted by molar-refractivity contribution is -0.133. The number of aromatic nitrogens is 1. The molecule has 2 amide bonds. The summed E-state index contributed by atoms with van der Waals surface area (Å²) in [6, 6.07) is 18.2. The van der Waals surface area contributed by atoms with E-state index in [2.05, 4.69) is 24.4 Å². The lowest BCUT2D eigenvalue weighted by Crippen LogP contribution is -2.65. The Morgan fingerprint density at radius 1 is 1.08 bits per heavy atom. The van der Waals surface area contributed by atoms with E-state index in [0.29, 0.717) is 18.8 Å². The molecule has 2 atom stereocenters. The van der Waals surface area contributed by atoms with Crippen LogP contribution in [0, 0.1) is 0 Å². The SMILES string of the molecule is COc1ccc2cc3n(c2c1)C[C@@](C)(C(=O)NC1CCCCCC1)N(C[C@@H](C)c1ccccc1)C3=O. The number of fused-ring (bicyclic) bond motifs is 3. The first-order valence-electron chi connectivity index (χ1n) is 13.3. The van der Waals surface area contributed by atoms with Gasteiger partial charge in [-0.15, -0.1) is 0 Å². The molecule has 190 valence electrons. The smallest absolute Gasteiger partial charge is 0.271 e. The van der Waals surface area contributed by atoms with Gasteiger partial charge in [-0.05, 0) is 49.4 Å². The average molecular weight is 488 g/mol. The van der Waals surface area contributed by atoms with Gasteiger partial charge in [-0.3, -0.25) is 9.59 Å². The zero-order chi connectivity index (χ0) is 25.3. The Labute approximate surface area is 213 Å². The van der Waals surface area contributed by atoms with Gasteiger partial charge < -0.3 is 19.5 Å². The summed E-state index contributed by atoms with van der Waals surface area (Å²) in [6.07, 6.45) is 6.74. The second-order valence-corrected chi connectivity index (χ2v) is 10.7. The standard InChI is InChI=1S/C30H37N3O3/c1-21(22-11-7-6-8-12-22)19-33-28(34)27-17-23-15-16-25(36-3)18-26(23)32(27)20-30(33,2)29(35)31-24-13-9-4-5-10-14-24/h6-8,11-12,15-18,21,24H,4-5,9-10,13-14,19-20H2,1-3H3,(H,31,35)/t21-,30+/m1/s1. The highest BCUT2D eigenvalue weighted by Crippen LogP contribution is 2.35. The Morgan fingerprint density at radius 3 is 2.50 bits per heavy atom. The van der Waals surface area contributed by atoms with E-state index in [1.165, 1.54) is 12.8 Å². The fourth-order valence-electron chi connectivity index (χ4n) is 5.87. The number of hydrogen-bond donors (Lipinski definition) is 1. The van der Waals surface area contributed by atoms with Crippen molar-refractivity contribution >= 4 is 22.7 Å². The van der Waals surface area contributed by atoms with Gasteiger partial charge in [-0.2, -0.15) is 0 Å². The summed E-state index contributed by atoms with van der Waals surface area (Å²) in [7, 11) is 1.64. The number of rotatable bonds is 6. The van der Waals surface area contributed by atoms with Crippen LogP contribution in [0.3, 0.4) is 0 Å². The molecule has 0 unspecified atom stereocenters. The first kappa shape index (κ1) is 24.4. The summed E-state index contributed by atoms with van der Waals surface area (Å²) in [5.74, 6) is 0.674. The van der Waals surface area contributed by atoms with Crippen LogP contribution in [-0.2, 0) is 11.3 Å². The molecule has 1 aliphatic heterocycles. The van der Waals surface area contributed by atoms with Crippen LogP contribution in [0.15, 0.2) is 54.6 Å². The van der Waals surface area contributed by atoms with E-state index >= 15 is 0 Å². The number of nitrogens with zero attached hydrogens (tertiary/aromatic N) is 2. The topological polar surface area (TPSA) is 63.6 Å². The van der Waals surface area contributed by atoms with Crippen LogP contribution in [-0.4, -0.2) is 46.5 Å². The molecule has 6 heteroatoms. The minimum atomic E-state index is -1.01. The highest BCUT2D eigenvalue weighted by molar-refractivity contribution is 6.03. The number of carbonyl (C=O) groups is 2. The number of hydrogen-bond acceptors (Lipinski definition) is 3. The van der Waals surface area contributed by atoms with Gasteiger partial charge in [-0.1, -0.05) is 62.9 Å². The van der Waals surface area contributed by atoms with Crippen molar-refractivity contribution in [1.82, 2.24) is 14.8 Å². The zero-order valence-corrected chi connectivity index (χ0v) is 21.6. The normalized spacial score (nSPS) is 21.6. The molecule has 1 fully saturated rings. The molecule has 6 nitrogen and oxygen atoms in total. The maximum Gasteiger partial charge on any atom is 0.271 e. The molecule has 0 spiro atoms. The van der Waals surface area contributed by atoms with Crippen molar-refractivity contribution in [3.05, 3.63) is 65.9 Å². The van der Waals surface area contributed by atoms with E-state index in [1.807, 2.05) is 58.9 Å². The van der Waals surface area contributed by atoms with Gasteiger partial charge in [-0.25, -0.2) is 0 Å². The molecule has 0 bridgehead atoms. The average Bonchev–Trinajstić information content (AvgIpc) is 3.05. The van der Waals surface area contributed by atoms with Crippen molar-refractivity contribution in [1.29, 1.82) is 0 Å². The van der Waals surface area contributed by atoms with E-state index in [0.717, 1.165) is 47.9 Å². The minimum absolute atomic E-state index is 0.0570. The van der Waals surface area contributed by atoms with Crippen LogP contribution in [0.1, 0.15) is 74.3 Å². The molecule has 0 radical (unpaired) electrons. The van der Waals surface area contributed by atoms with E-state index in [-0.39, 0.29) is 23.8 Å². The second kappa shape index (κ2) is 10.00. The highest BCUT2D eigenvalue weighted by atomic mass is 16.5. The van der Waals surface area contributed by atoms with Crippen molar-refractivity contribution in [2.75, 3.05) is 13.7 Å². The molecule has 2 aromatic carbocycles. The van der Waals surface area contributed by atoms with Crippen molar-refractivity contribution in [2.24, 2.45) is 0 Å². The van der Waals surface area contributed by atoms with Crippen LogP contribution >= 0.6 is 0 Å². The third-order valence-corrected chi connectivity index (χ3v) is 8.14. The Bertz CT molecular complexity index is 1240. The molecule has 0 saturated heterocycles. The Morgan fingerprint density at radius 2 is 1.81 bits per heavy atom. The van der Waals surface area contributed by atoms with Gasteiger partial charge in [0.05, 0.1) is 19.2 Å². The minimum Gasteiger partial charge on any atom is -0.497 e. The number of nitrogens with one attached hydrogen (secondary N) is 1. The highest BCUT2D eigenvalue weighted by Gasteiger charge is 2.48. The number of amides is 2. The van der Waals surface area contributed by atoms with E-state index in [9.17, 15) is 9.59 Å². The summed E-state index contributed by atoms with van der Waals surface area (Å²) in [6.45, 7) is 4.94. The molecule has 3 aromatic rings. The van der Waals surface area contributed by atoms with E-state index in [1.54, 1.807) is 7.11 Å². The van der Waals surface area contributed by atoms with Crippen LogP contribution < -0.4 is 10.1 Å². The van der Waals surface area contributed by atoms with Crippen LogP contribution in [0.25, 0.3) is 10.9 Å². The lowest BCUT2D eigenvalue weighted by Gasteiger charge is -2.45. The molecule has 36 heavy (non-hydrogen) atoms. The van der Waals surface area contributed by atoms with Gasteiger partial charge in [0, 0.05) is 24.0 Å². The maximum atomic E-state index is 14.1. The third kappa shape index (κ3) is 4.49. The first-order valence-corrected chi connectivity index (χ1v) is 13.3. The summed E-state index contributed by atoms with van der Waals surface area (Å²) < 4.78 is 7.47. The molecule has 2 heterocycles. The first-order chi connectivity index (χ1) is 17.4. The summed E-state index contributed by atoms with van der Waals surface area (Å²) in [5, 5.41) is 4.33. The van der Waals surface area contributed by atoms with Crippen LogP contribution in [0.2, 0.25) is 0 Å². The maximum absolute atomic E-state index is 14.1. The lowest BCUT2D eigenvalue weighted by atomic mass is 9.91. The summed E-state index contributed by atoms with van der Waals surface area (Å²) in [4.78, 5) is 29.9. The molecule has 1 aromatic heterocycles. The van der Waals surface area contributed by atoms with Gasteiger partial charge >= 0.3 is 0 Å². The van der Waals surface area contributed by atoms with E-state index in [4.69, 9.17) is 4.74 Å². The molecule has 2 aliphatic rings. The number of carbonyl (C=O) groups excluding carboxylic acids is 2. The van der Waals surface area contributed by atoms with Gasteiger partial charge in [0.1, 0.15) is 17.0 Å². The molecule has 1 aliphatic carbocycles. The second-order valence-electron chi connectivity index (χ2n) is 10.7. The van der Waals surface area contributed by atoms with Gasteiger partial charge in [0.15, 0.2) is 0 Å². The summed E-state index contributed by atoms with van der Waals surface area (Å²) in [5.41, 5.74) is 1.70. The summed E-state index contributed by atoms with van der Waals surface area (Å²) >= 11 is 0. The monoisotopic (exact) mass is 487 g/mol. The van der Waals surface area contributed by atoms with Crippen molar-refractivity contribution in [2.45, 2.75) is 76.4 Å². The molecular formula is C30H37N3O3. The Kier molecular flexibility index (Phi) is 6.78. The van der Waals surface area contributed by atoms with Crippen molar-refractivity contribution < 1.29 is 14.3 Å². The Balaban J connectivity index is 1.53. The van der Waals surface area contributed by atoms with Gasteiger partial charge in [0.25, 0.3) is 5.91 Å². The van der Waals surface area contributed by atoms with Crippen molar-refractivity contribution in [3.8, 4) is 5.75 Å². The van der Waals surface area contributed by atoms with E-state index < -0.39 is 5.54 Å². The van der Waals surface area contributed by atoms with Crippen LogP contribution in [0.4, 0.5) is 0 Å².